The van der Waals surface area contributed by atoms with E-state index in [4.69, 9.17) is 0 Å². The molecule has 0 amide bonds. The largest absolute Gasteiger partial charge is 0.297 e. The first-order valence-electron chi connectivity index (χ1n) is 8.73. The van der Waals surface area contributed by atoms with E-state index in [1.165, 1.54) is 68.8 Å². The van der Waals surface area contributed by atoms with Gasteiger partial charge in [-0.1, -0.05) is 54.7 Å². The molecule has 2 aliphatic carbocycles. The highest BCUT2D eigenvalue weighted by Gasteiger charge is 2.48. The third kappa shape index (κ3) is 3.14. The third-order valence-electron chi connectivity index (χ3n) is 6.02. The number of hydrogen-bond donors (Lipinski definition) is 0. The summed E-state index contributed by atoms with van der Waals surface area (Å²) in [5, 5.41) is 0. The van der Waals surface area contributed by atoms with E-state index >= 15 is 0 Å². The van der Waals surface area contributed by atoms with Gasteiger partial charge in [0, 0.05) is 12.1 Å². The predicted octanol–water partition coefficient (Wildman–Crippen LogP) is 5.02. The lowest BCUT2D eigenvalue weighted by Gasteiger charge is -2.34. The van der Waals surface area contributed by atoms with Crippen molar-refractivity contribution in [3.05, 3.63) is 0 Å². The van der Waals surface area contributed by atoms with Crippen molar-refractivity contribution in [2.45, 2.75) is 82.7 Å². The molecule has 3 fully saturated rings. The van der Waals surface area contributed by atoms with Crippen molar-refractivity contribution < 1.29 is 0 Å². The van der Waals surface area contributed by atoms with Gasteiger partial charge >= 0.3 is 0 Å². The Bertz CT molecular complexity index is 258. The van der Waals surface area contributed by atoms with Gasteiger partial charge in [0.2, 0.25) is 0 Å². The molecule has 1 nitrogen and oxygen atoms in total. The van der Waals surface area contributed by atoms with Crippen molar-refractivity contribution >= 4 is 22.6 Å². The summed E-state index contributed by atoms with van der Waals surface area (Å²) in [6.45, 7) is 1.42. The van der Waals surface area contributed by atoms with Crippen LogP contribution in [0.15, 0.2) is 0 Å². The number of alkyl halides is 1. The second kappa shape index (κ2) is 7.11. The van der Waals surface area contributed by atoms with Crippen LogP contribution in [0.25, 0.3) is 0 Å². The Morgan fingerprint density at radius 3 is 1.89 bits per heavy atom. The molecule has 4 unspecified atom stereocenters. The zero-order valence-corrected chi connectivity index (χ0v) is 14.5. The van der Waals surface area contributed by atoms with Crippen LogP contribution >= 0.6 is 22.6 Å². The summed E-state index contributed by atoms with van der Waals surface area (Å²) in [7, 11) is 0. The highest BCUT2D eigenvalue weighted by Crippen LogP contribution is 2.49. The molecule has 19 heavy (non-hydrogen) atoms. The van der Waals surface area contributed by atoms with Gasteiger partial charge < -0.3 is 0 Å². The SMILES string of the molecule is ICCCCCN1C2CCCCC2C2CCCCC21. The van der Waals surface area contributed by atoms with Gasteiger partial charge in [-0.25, -0.2) is 0 Å². The normalized spacial score (nSPS) is 39.0. The monoisotopic (exact) mass is 375 g/mol. The van der Waals surface area contributed by atoms with E-state index in [0.717, 1.165) is 23.9 Å². The molecule has 0 bridgehead atoms. The van der Waals surface area contributed by atoms with Gasteiger partial charge in [-0.2, -0.15) is 0 Å². The van der Waals surface area contributed by atoms with E-state index in [-0.39, 0.29) is 0 Å². The molecule has 2 heteroatoms. The van der Waals surface area contributed by atoms with Crippen LogP contribution in [0, 0.1) is 11.8 Å². The standard InChI is InChI=1S/C17H30IN/c18-12-6-1-7-13-19-16-10-4-2-8-14(16)15-9-3-5-11-17(15)19/h14-17H,1-13H2. The lowest BCUT2D eigenvalue weighted by Crippen LogP contribution is -2.40. The fourth-order valence-electron chi connectivity index (χ4n) is 5.25. The minimum absolute atomic E-state index is 0.987. The molecular formula is C17H30IN. The van der Waals surface area contributed by atoms with Crippen molar-refractivity contribution in [2.24, 2.45) is 11.8 Å². The smallest absolute Gasteiger partial charge is 0.0130 e. The van der Waals surface area contributed by atoms with Crippen LogP contribution in [0.3, 0.4) is 0 Å². The minimum Gasteiger partial charge on any atom is -0.297 e. The van der Waals surface area contributed by atoms with Crippen molar-refractivity contribution in [1.29, 1.82) is 0 Å². The van der Waals surface area contributed by atoms with Crippen LogP contribution in [-0.4, -0.2) is 28.0 Å². The van der Waals surface area contributed by atoms with E-state index in [0.29, 0.717) is 0 Å². The first-order chi connectivity index (χ1) is 9.42. The van der Waals surface area contributed by atoms with E-state index in [1.54, 1.807) is 12.8 Å². The quantitative estimate of drug-likeness (QED) is 0.370. The summed E-state index contributed by atoms with van der Waals surface area (Å²) in [6.07, 6.45) is 16.5. The summed E-state index contributed by atoms with van der Waals surface area (Å²) in [4.78, 5) is 3.00. The lowest BCUT2D eigenvalue weighted by atomic mass is 9.73. The van der Waals surface area contributed by atoms with Crippen molar-refractivity contribution in [2.75, 3.05) is 11.0 Å². The Hall–Kier alpha value is 0.690. The van der Waals surface area contributed by atoms with Crippen molar-refractivity contribution in [3.63, 3.8) is 0 Å². The average Bonchev–Trinajstić information content (AvgIpc) is 2.78. The van der Waals surface area contributed by atoms with E-state index < -0.39 is 0 Å². The van der Waals surface area contributed by atoms with Gasteiger partial charge in [0.05, 0.1) is 0 Å². The molecule has 2 saturated carbocycles. The third-order valence-corrected chi connectivity index (χ3v) is 6.78. The Labute approximate surface area is 133 Å². The molecule has 0 aromatic heterocycles. The van der Waals surface area contributed by atoms with Crippen LogP contribution in [0.2, 0.25) is 0 Å². The maximum Gasteiger partial charge on any atom is 0.0130 e. The maximum atomic E-state index is 3.00. The van der Waals surface area contributed by atoms with Crippen molar-refractivity contribution in [3.8, 4) is 0 Å². The van der Waals surface area contributed by atoms with Gasteiger partial charge in [-0.3, -0.25) is 4.90 Å². The summed E-state index contributed by atoms with van der Waals surface area (Å²) in [5.41, 5.74) is 0. The molecule has 1 aliphatic heterocycles. The number of halogens is 1. The second-order valence-corrected chi connectivity index (χ2v) is 8.10. The Morgan fingerprint density at radius 2 is 1.32 bits per heavy atom. The number of hydrogen-bond acceptors (Lipinski definition) is 1. The highest BCUT2D eigenvalue weighted by atomic mass is 127. The number of nitrogens with zero attached hydrogens (tertiary/aromatic N) is 1. The molecule has 1 heterocycles. The zero-order chi connectivity index (χ0) is 13.1. The predicted molar refractivity (Wildman–Crippen MR) is 90.9 cm³/mol. The molecule has 1 saturated heterocycles. The molecule has 0 N–H and O–H groups in total. The summed E-state index contributed by atoms with van der Waals surface area (Å²) in [6, 6.07) is 1.97. The fraction of sp³-hybridized carbons (Fsp3) is 1.00. The van der Waals surface area contributed by atoms with Crippen LogP contribution in [-0.2, 0) is 0 Å². The molecule has 0 spiro atoms. The van der Waals surface area contributed by atoms with E-state index in [9.17, 15) is 0 Å². The Kier molecular flexibility index (Phi) is 5.47. The topological polar surface area (TPSA) is 3.24 Å². The average molecular weight is 375 g/mol. The van der Waals surface area contributed by atoms with Crippen LogP contribution in [0.5, 0.6) is 0 Å². The Morgan fingerprint density at radius 1 is 0.737 bits per heavy atom. The highest BCUT2D eigenvalue weighted by molar-refractivity contribution is 14.1. The number of rotatable bonds is 5. The van der Waals surface area contributed by atoms with Crippen LogP contribution < -0.4 is 0 Å². The molecule has 0 aromatic carbocycles. The number of fused-ring (bicyclic) bond motifs is 3. The first-order valence-corrected chi connectivity index (χ1v) is 10.3. The minimum atomic E-state index is 0.987. The molecule has 3 rings (SSSR count). The first kappa shape index (κ1) is 14.6. The fourth-order valence-corrected chi connectivity index (χ4v) is 5.78. The summed E-state index contributed by atoms with van der Waals surface area (Å²) in [5.74, 6) is 2.17. The van der Waals surface area contributed by atoms with Gasteiger partial charge in [0.15, 0.2) is 0 Å². The summed E-state index contributed by atoms with van der Waals surface area (Å²) < 4.78 is 1.34. The molecule has 0 aromatic rings. The van der Waals surface area contributed by atoms with Gasteiger partial charge in [-0.05, 0) is 61.3 Å². The Balaban J connectivity index is 1.62. The number of unbranched alkanes of at least 4 members (excludes halogenated alkanes) is 2. The van der Waals surface area contributed by atoms with Crippen molar-refractivity contribution in [1.82, 2.24) is 4.90 Å². The zero-order valence-electron chi connectivity index (χ0n) is 12.3. The molecular weight excluding hydrogens is 345 g/mol. The van der Waals surface area contributed by atoms with Crippen LogP contribution in [0.4, 0.5) is 0 Å². The molecule has 0 radical (unpaired) electrons. The van der Waals surface area contributed by atoms with E-state index in [2.05, 4.69) is 27.5 Å². The van der Waals surface area contributed by atoms with Gasteiger partial charge in [0.1, 0.15) is 0 Å². The van der Waals surface area contributed by atoms with E-state index in [1.807, 2.05) is 0 Å². The molecule has 110 valence electrons. The van der Waals surface area contributed by atoms with Gasteiger partial charge in [0.25, 0.3) is 0 Å². The summed E-state index contributed by atoms with van der Waals surface area (Å²) >= 11 is 2.52. The molecule has 3 aliphatic rings. The lowest BCUT2D eigenvalue weighted by molar-refractivity contribution is 0.136. The number of likely N-dealkylation sites (tertiary alicyclic amines) is 1. The maximum absolute atomic E-state index is 3.00. The molecule has 4 atom stereocenters. The van der Waals surface area contributed by atoms with Crippen LogP contribution in [0.1, 0.15) is 70.6 Å². The second-order valence-electron chi connectivity index (χ2n) is 7.02. The van der Waals surface area contributed by atoms with Gasteiger partial charge in [-0.15, -0.1) is 0 Å².